The lowest BCUT2D eigenvalue weighted by molar-refractivity contribution is -0.126. The molecule has 1 aliphatic rings. The standard InChI is InChI=1S/C21H25ClN2O/c1-16-7-9-17(10-8-16)13-23-21(25)19-5-3-11-24(15-19)14-18-4-2-6-20(22)12-18/h2,4,6-10,12,19H,3,5,11,13-15H2,1H3,(H,23,25). The van der Waals surface area contributed by atoms with Gasteiger partial charge in [0.25, 0.3) is 0 Å². The van der Waals surface area contributed by atoms with Crippen LogP contribution in [0.5, 0.6) is 0 Å². The van der Waals surface area contributed by atoms with Crippen molar-refractivity contribution in [1.29, 1.82) is 0 Å². The summed E-state index contributed by atoms with van der Waals surface area (Å²) < 4.78 is 0. The lowest BCUT2D eigenvalue weighted by Crippen LogP contribution is -2.42. The van der Waals surface area contributed by atoms with Crippen LogP contribution in [0.3, 0.4) is 0 Å². The molecular formula is C21H25ClN2O. The molecule has 1 fully saturated rings. The summed E-state index contributed by atoms with van der Waals surface area (Å²) in [6, 6.07) is 16.3. The van der Waals surface area contributed by atoms with E-state index in [9.17, 15) is 4.79 Å². The molecule has 0 saturated carbocycles. The summed E-state index contributed by atoms with van der Waals surface area (Å²) in [5.41, 5.74) is 3.58. The molecule has 0 radical (unpaired) electrons. The Labute approximate surface area is 155 Å². The number of hydrogen-bond donors (Lipinski definition) is 1. The third-order valence-corrected chi connectivity index (χ3v) is 4.99. The molecule has 2 aromatic carbocycles. The van der Waals surface area contributed by atoms with Gasteiger partial charge in [0.2, 0.25) is 5.91 Å². The summed E-state index contributed by atoms with van der Waals surface area (Å²) in [6.45, 7) is 5.37. The van der Waals surface area contributed by atoms with Crippen molar-refractivity contribution in [2.24, 2.45) is 5.92 Å². The molecule has 1 heterocycles. The molecule has 0 aromatic heterocycles. The zero-order valence-corrected chi connectivity index (χ0v) is 15.4. The maximum absolute atomic E-state index is 12.5. The highest BCUT2D eigenvalue weighted by atomic mass is 35.5. The number of halogens is 1. The normalized spacial score (nSPS) is 18.1. The van der Waals surface area contributed by atoms with Crippen LogP contribution in [0.4, 0.5) is 0 Å². The molecule has 3 rings (SSSR count). The third-order valence-electron chi connectivity index (χ3n) is 4.76. The van der Waals surface area contributed by atoms with Gasteiger partial charge in [-0.2, -0.15) is 0 Å². The van der Waals surface area contributed by atoms with Gasteiger partial charge in [-0.3, -0.25) is 9.69 Å². The fraction of sp³-hybridized carbons (Fsp3) is 0.381. The topological polar surface area (TPSA) is 32.3 Å². The summed E-state index contributed by atoms with van der Waals surface area (Å²) in [6.07, 6.45) is 2.02. The Kier molecular flexibility index (Phi) is 6.11. The van der Waals surface area contributed by atoms with Crippen LogP contribution in [-0.4, -0.2) is 23.9 Å². The number of nitrogens with zero attached hydrogens (tertiary/aromatic N) is 1. The second kappa shape index (κ2) is 8.50. The molecule has 4 heteroatoms. The summed E-state index contributed by atoms with van der Waals surface area (Å²) in [5, 5.41) is 3.86. The molecular weight excluding hydrogens is 332 g/mol. The van der Waals surface area contributed by atoms with Crippen molar-refractivity contribution in [3.8, 4) is 0 Å². The molecule has 0 aliphatic carbocycles. The smallest absolute Gasteiger partial charge is 0.224 e. The number of rotatable bonds is 5. The number of carbonyl (C=O) groups excluding carboxylic acids is 1. The van der Waals surface area contributed by atoms with Gasteiger partial charge in [0, 0.05) is 24.7 Å². The number of carbonyl (C=O) groups is 1. The van der Waals surface area contributed by atoms with E-state index in [2.05, 4.69) is 47.5 Å². The number of nitrogens with one attached hydrogen (secondary N) is 1. The molecule has 1 saturated heterocycles. The second-order valence-electron chi connectivity index (χ2n) is 6.91. The maximum atomic E-state index is 12.5. The summed E-state index contributed by atoms with van der Waals surface area (Å²) in [4.78, 5) is 14.9. The Bertz CT molecular complexity index is 714. The summed E-state index contributed by atoms with van der Waals surface area (Å²) in [7, 11) is 0. The molecule has 1 N–H and O–H groups in total. The quantitative estimate of drug-likeness (QED) is 0.871. The van der Waals surface area contributed by atoms with Crippen LogP contribution in [-0.2, 0) is 17.9 Å². The highest BCUT2D eigenvalue weighted by Crippen LogP contribution is 2.20. The lowest BCUT2D eigenvalue weighted by atomic mass is 9.96. The Hall–Kier alpha value is -1.84. The molecule has 1 unspecified atom stereocenters. The van der Waals surface area contributed by atoms with Crippen molar-refractivity contribution >= 4 is 17.5 Å². The van der Waals surface area contributed by atoms with Gasteiger partial charge in [-0.05, 0) is 49.6 Å². The predicted octanol–water partition coefficient (Wildman–Crippen LogP) is 4.18. The molecule has 3 nitrogen and oxygen atoms in total. The maximum Gasteiger partial charge on any atom is 0.224 e. The Morgan fingerprint density at radius 1 is 1.20 bits per heavy atom. The van der Waals surface area contributed by atoms with Gasteiger partial charge >= 0.3 is 0 Å². The van der Waals surface area contributed by atoms with Crippen molar-refractivity contribution in [2.45, 2.75) is 32.9 Å². The molecule has 2 aromatic rings. The van der Waals surface area contributed by atoms with Crippen LogP contribution >= 0.6 is 11.6 Å². The summed E-state index contributed by atoms with van der Waals surface area (Å²) in [5.74, 6) is 0.231. The first kappa shape index (κ1) is 18.0. The van der Waals surface area contributed by atoms with Gasteiger partial charge in [-0.1, -0.05) is 53.6 Å². The first-order valence-corrected chi connectivity index (χ1v) is 9.28. The number of benzene rings is 2. The fourth-order valence-electron chi connectivity index (χ4n) is 3.35. The van der Waals surface area contributed by atoms with E-state index in [1.165, 1.54) is 11.1 Å². The van der Waals surface area contributed by atoms with Crippen molar-refractivity contribution in [3.05, 3.63) is 70.2 Å². The molecule has 1 aliphatic heterocycles. The minimum atomic E-state index is 0.0679. The van der Waals surface area contributed by atoms with Crippen molar-refractivity contribution in [3.63, 3.8) is 0 Å². The molecule has 0 spiro atoms. The van der Waals surface area contributed by atoms with E-state index in [0.717, 1.165) is 43.1 Å². The average Bonchev–Trinajstić information content (AvgIpc) is 2.61. The zero-order chi connectivity index (χ0) is 17.6. The Morgan fingerprint density at radius 3 is 2.76 bits per heavy atom. The van der Waals surface area contributed by atoms with Crippen LogP contribution in [0, 0.1) is 12.8 Å². The highest BCUT2D eigenvalue weighted by Gasteiger charge is 2.25. The third kappa shape index (κ3) is 5.32. The molecule has 1 amide bonds. The van der Waals surface area contributed by atoms with E-state index in [-0.39, 0.29) is 11.8 Å². The number of piperidine rings is 1. The average molecular weight is 357 g/mol. The van der Waals surface area contributed by atoms with Crippen molar-refractivity contribution < 1.29 is 4.79 Å². The van der Waals surface area contributed by atoms with Crippen molar-refractivity contribution in [2.75, 3.05) is 13.1 Å². The van der Waals surface area contributed by atoms with E-state index >= 15 is 0 Å². The van der Waals surface area contributed by atoms with Crippen LogP contribution < -0.4 is 5.32 Å². The molecule has 1 atom stereocenters. The van der Waals surface area contributed by atoms with E-state index in [0.29, 0.717) is 6.54 Å². The van der Waals surface area contributed by atoms with Gasteiger partial charge in [0.15, 0.2) is 0 Å². The second-order valence-corrected chi connectivity index (χ2v) is 7.34. The highest BCUT2D eigenvalue weighted by molar-refractivity contribution is 6.30. The van der Waals surface area contributed by atoms with Gasteiger partial charge in [0.05, 0.1) is 5.92 Å². The minimum Gasteiger partial charge on any atom is -0.352 e. The Balaban J connectivity index is 1.51. The zero-order valence-electron chi connectivity index (χ0n) is 14.7. The van der Waals surface area contributed by atoms with E-state index in [4.69, 9.17) is 11.6 Å². The van der Waals surface area contributed by atoms with E-state index in [1.807, 2.05) is 18.2 Å². The predicted molar refractivity (Wildman–Crippen MR) is 102 cm³/mol. The summed E-state index contributed by atoms with van der Waals surface area (Å²) >= 11 is 6.07. The number of aryl methyl sites for hydroxylation is 1. The van der Waals surface area contributed by atoms with Crippen molar-refractivity contribution in [1.82, 2.24) is 10.2 Å². The van der Waals surface area contributed by atoms with Gasteiger partial charge in [-0.25, -0.2) is 0 Å². The molecule has 25 heavy (non-hydrogen) atoms. The first-order chi connectivity index (χ1) is 12.1. The lowest BCUT2D eigenvalue weighted by Gasteiger charge is -2.32. The SMILES string of the molecule is Cc1ccc(CNC(=O)C2CCCN(Cc3cccc(Cl)c3)C2)cc1. The van der Waals surface area contributed by atoms with Gasteiger partial charge in [0.1, 0.15) is 0 Å². The van der Waals surface area contributed by atoms with Crippen LogP contribution in [0.1, 0.15) is 29.5 Å². The number of hydrogen-bond acceptors (Lipinski definition) is 2. The fourth-order valence-corrected chi connectivity index (χ4v) is 3.56. The minimum absolute atomic E-state index is 0.0679. The Morgan fingerprint density at radius 2 is 2.00 bits per heavy atom. The monoisotopic (exact) mass is 356 g/mol. The van der Waals surface area contributed by atoms with Crippen LogP contribution in [0.15, 0.2) is 48.5 Å². The molecule has 0 bridgehead atoms. The number of likely N-dealkylation sites (tertiary alicyclic amines) is 1. The van der Waals surface area contributed by atoms with Crippen LogP contribution in [0.2, 0.25) is 5.02 Å². The van der Waals surface area contributed by atoms with Crippen LogP contribution in [0.25, 0.3) is 0 Å². The first-order valence-electron chi connectivity index (χ1n) is 8.90. The van der Waals surface area contributed by atoms with E-state index in [1.54, 1.807) is 0 Å². The van der Waals surface area contributed by atoms with Gasteiger partial charge in [-0.15, -0.1) is 0 Å². The largest absolute Gasteiger partial charge is 0.352 e. The molecule has 132 valence electrons. The van der Waals surface area contributed by atoms with E-state index < -0.39 is 0 Å². The number of amides is 1. The van der Waals surface area contributed by atoms with Gasteiger partial charge < -0.3 is 5.32 Å².